The topological polar surface area (TPSA) is 50.7 Å². The summed E-state index contributed by atoms with van der Waals surface area (Å²) in [6.07, 6.45) is 1.44. The monoisotopic (exact) mass is 252 g/mol. The lowest BCUT2D eigenvalue weighted by atomic mass is 10.2. The minimum atomic E-state index is -0.599. The molecule has 5 heteroatoms. The van der Waals surface area contributed by atoms with Gasteiger partial charge in [-0.25, -0.2) is 14.6 Å². The highest BCUT2D eigenvalue weighted by Crippen LogP contribution is 2.06. The van der Waals surface area contributed by atoms with Gasteiger partial charge in [-0.15, -0.1) is 0 Å². The number of hydrogen-bond donors (Lipinski definition) is 1. The normalized spacial score (nSPS) is 11.6. The Morgan fingerprint density at radius 1 is 1.39 bits per heavy atom. The summed E-state index contributed by atoms with van der Waals surface area (Å²) in [6.45, 7) is 5.32. The molecule has 0 spiro atoms. The van der Waals surface area contributed by atoms with E-state index in [1.54, 1.807) is 32.9 Å². The number of carbonyl (C=O) groups is 1. The third-order valence-electron chi connectivity index (χ3n) is 1.89. The molecule has 0 aliphatic carbocycles. The van der Waals surface area contributed by atoms with Crippen LogP contribution >= 0.6 is 0 Å². The van der Waals surface area contributed by atoms with Crippen molar-refractivity contribution < 1.29 is 13.9 Å². The van der Waals surface area contributed by atoms with Crippen molar-refractivity contribution in [1.82, 2.24) is 5.43 Å². The van der Waals surface area contributed by atoms with E-state index in [2.05, 4.69) is 10.5 Å². The zero-order valence-electron chi connectivity index (χ0n) is 10.7. The predicted molar refractivity (Wildman–Crippen MR) is 68.0 cm³/mol. The molecule has 0 aromatic heterocycles. The molecule has 0 aliphatic heterocycles. The van der Waals surface area contributed by atoms with Crippen LogP contribution in [0.4, 0.5) is 9.18 Å². The first-order valence-electron chi connectivity index (χ1n) is 5.62. The lowest BCUT2D eigenvalue weighted by molar-refractivity contribution is 0.0529. The average molecular weight is 252 g/mol. The molecule has 0 aliphatic rings. The Hall–Kier alpha value is -1.91. The van der Waals surface area contributed by atoms with Crippen molar-refractivity contribution >= 4 is 12.3 Å². The summed E-state index contributed by atoms with van der Waals surface area (Å²) in [7, 11) is 0. The van der Waals surface area contributed by atoms with Gasteiger partial charge in [0.2, 0.25) is 0 Å². The molecule has 0 heterocycles. The van der Waals surface area contributed by atoms with E-state index >= 15 is 0 Å². The molecule has 1 N–H and O–H groups in total. The minimum absolute atomic E-state index is 0.275. The van der Waals surface area contributed by atoms with Crippen molar-refractivity contribution in [3.63, 3.8) is 0 Å². The molecule has 0 atom stereocenters. The molecule has 0 unspecified atom stereocenters. The molecule has 1 rings (SSSR count). The minimum Gasteiger partial charge on any atom is -0.443 e. The smallest absolute Gasteiger partial charge is 0.428 e. The van der Waals surface area contributed by atoms with E-state index in [0.717, 1.165) is 5.56 Å². The lowest BCUT2D eigenvalue weighted by Gasteiger charge is -2.18. The number of nitrogens with one attached hydrogen (secondary N) is 1. The molecule has 1 aromatic carbocycles. The van der Waals surface area contributed by atoms with Gasteiger partial charge in [-0.05, 0) is 38.5 Å². The molecule has 0 bridgehead atoms. The summed E-state index contributed by atoms with van der Waals surface area (Å²) in [5.74, 6) is -0.275. The van der Waals surface area contributed by atoms with Crippen molar-refractivity contribution in [2.24, 2.45) is 5.10 Å². The predicted octanol–water partition coefficient (Wildman–Crippen LogP) is 2.88. The first-order valence-corrected chi connectivity index (χ1v) is 5.62. The van der Waals surface area contributed by atoms with E-state index in [0.29, 0.717) is 6.42 Å². The van der Waals surface area contributed by atoms with Crippen LogP contribution in [0.15, 0.2) is 29.4 Å². The quantitative estimate of drug-likeness (QED) is 0.664. The molecular formula is C13H17FN2O2. The number of carbonyl (C=O) groups excluding carboxylic acids is 1. The molecule has 0 fully saturated rings. The van der Waals surface area contributed by atoms with Crippen LogP contribution in [0.25, 0.3) is 0 Å². The maximum Gasteiger partial charge on any atom is 0.428 e. The van der Waals surface area contributed by atoms with Crippen LogP contribution in [-0.2, 0) is 11.2 Å². The Labute approximate surface area is 106 Å². The summed E-state index contributed by atoms with van der Waals surface area (Å²) in [5, 5.41) is 3.73. The Bertz CT molecular complexity index is 422. The van der Waals surface area contributed by atoms with Gasteiger partial charge in [0.15, 0.2) is 0 Å². The van der Waals surface area contributed by atoms with Crippen LogP contribution in [0.1, 0.15) is 26.3 Å². The standard InChI is InChI=1S/C13H17FN2O2/c1-13(2,3)18-12(17)16-15-9-8-10-4-6-11(14)7-5-10/h4-7,9H,8H2,1-3H3,(H,16,17). The van der Waals surface area contributed by atoms with Crippen LogP contribution in [0.3, 0.4) is 0 Å². The SMILES string of the molecule is CC(C)(C)OC(=O)NN=CCc1ccc(F)cc1. The number of hydrazone groups is 1. The van der Waals surface area contributed by atoms with Crippen LogP contribution in [0.5, 0.6) is 0 Å². The van der Waals surface area contributed by atoms with E-state index in [1.807, 2.05) is 0 Å². The maximum absolute atomic E-state index is 12.6. The fourth-order valence-electron chi connectivity index (χ4n) is 1.17. The molecule has 1 aromatic rings. The van der Waals surface area contributed by atoms with E-state index in [1.165, 1.54) is 18.3 Å². The fourth-order valence-corrected chi connectivity index (χ4v) is 1.17. The Kier molecular flexibility index (Phi) is 4.83. The Morgan fingerprint density at radius 3 is 2.56 bits per heavy atom. The van der Waals surface area contributed by atoms with E-state index < -0.39 is 11.7 Å². The fraction of sp³-hybridized carbons (Fsp3) is 0.385. The molecule has 0 saturated carbocycles. The number of benzene rings is 1. The second-order valence-corrected chi connectivity index (χ2v) is 4.76. The highest BCUT2D eigenvalue weighted by Gasteiger charge is 2.15. The number of nitrogens with zero attached hydrogens (tertiary/aromatic N) is 1. The number of ether oxygens (including phenoxy) is 1. The van der Waals surface area contributed by atoms with Crippen LogP contribution < -0.4 is 5.43 Å². The Morgan fingerprint density at radius 2 is 2.00 bits per heavy atom. The number of rotatable bonds is 3. The van der Waals surface area contributed by atoms with Crippen LogP contribution in [-0.4, -0.2) is 17.9 Å². The van der Waals surface area contributed by atoms with E-state index in [-0.39, 0.29) is 5.82 Å². The second kappa shape index (κ2) is 6.14. The van der Waals surface area contributed by atoms with Crippen molar-refractivity contribution in [1.29, 1.82) is 0 Å². The summed E-state index contributed by atoms with van der Waals surface area (Å²) >= 11 is 0. The molecule has 18 heavy (non-hydrogen) atoms. The number of amides is 1. The largest absolute Gasteiger partial charge is 0.443 e. The Balaban J connectivity index is 2.33. The first kappa shape index (κ1) is 14.2. The molecular weight excluding hydrogens is 235 g/mol. The molecule has 4 nitrogen and oxygen atoms in total. The van der Waals surface area contributed by atoms with Gasteiger partial charge in [0, 0.05) is 12.6 Å². The summed E-state index contributed by atoms with van der Waals surface area (Å²) in [5.41, 5.74) is 2.62. The van der Waals surface area contributed by atoms with Gasteiger partial charge in [-0.1, -0.05) is 12.1 Å². The third-order valence-corrected chi connectivity index (χ3v) is 1.89. The van der Waals surface area contributed by atoms with Gasteiger partial charge in [-0.3, -0.25) is 0 Å². The van der Waals surface area contributed by atoms with E-state index in [9.17, 15) is 9.18 Å². The molecule has 0 saturated heterocycles. The van der Waals surface area contributed by atoms with Crippen molar-refractivity contribution in [3.8, 4) is 0 Å². The first-order chi connectivity index (χ1) is 8.37. The number of hydrogen-bond acceptors (Lipinski definition) is 3. The van der Waals surface area contributed by atoms with Gasteiger partial charge >= 0.3 is 6.09 Å². The van der Waals surface area contributed by atoms with Gasteiger partial charge in [0.05, 0.1) is 0 Å². The zero-order valence-corrected chi connectivity index (χ0v) is 10.7. The summed E-state index contributed by atoms with van der Waals surface area (Å²) < 4.78 is 17.6. The van der Waals surface area contributed by atoms with Gasteiger partial charge in [-0.2, -0.15) is 5.10 Å². The number of halogens is 1. The molecule has 0 radical (unpaired) electrons. The van der Waals surface area contributed by atoms with Gasteiger partial charge in [0.1, 0.15) is 11.4 Å². The van der Waals surface area contributed by atoms with Crippen molar-refractivity contribution in [3.05, 3.63) is 35.6 Å². The van der Waals surface area contributed by atoms with Crippen LogP contribution in [0.2, 0.25) is 0 Å². The highest BCUT2D eigenvalue weighted by molar-refractivity contribution is 5.70. The second-order valence-electron chi connectivity index (χ2n) is 4.76. The van der Waals surface area contributed by atoms with E-state index in [4.69, 9.17) is 4.74 Å². The lowest BCUT2D eigenvalue weighted by Crippen LogP contribution is -2.29. The summed E-state index contributed by atoms with van der Waals surface area (Å²) in [6, 6.07) is 6.08. The average Bonchev–Trinajstić information content (AvgIpc) is 2.24. The van der Waals surface area contributed by atoms with Gasteiger partial charge < -0.3 is 4.74 Å². The van der Waals surface area contributed by atoms with Crippen molar-refractivity contribution in [2.75, 3.05) is 0 Å². The van der Waals surface area contributed by atoms with Crippen LogP contribution in [0, 0.1) is 5.82 Å². The molecule has 1 amide bonds. The molecule has 98 valence electrons. The van der Waals surface area contributed by atoms with Gasteiger partial charge in [0.25, 0.3) is 0 Å². The third kappa shape index (κ3) is 5.98. The van der Waals surface area contributed by atoms with Crippen molar-refractivity contribution in [2.45, 2.75) is 32.8 Å². The zero-order chi connectivity index (χ0) is 13.6. The highest BCUT2D eigenvalue weighted by atomic mass is 19.1. The maximum atomic E-state index is 12.6. The summed E-state index contributed by atoms with van der Waals surface area (Å²) in [4.78, 5) is 11.2.